The Labute approximate surface area is 176 Å². The lowest BCUT2D eigenvalue weighted by Gasteiger charge is -2.10. The minimum atomic E-state index is 0. The van der Waals surface area contributed by atoms with Gasteiger partial charge in [-0.3, -0.25) is 0 Å². The summed E-state index contributed by atoms with van der Waals surface area (Å²) in [6, 6.07) is 17.7. The molecule has 0 aliphatic heterocycles. The number of fused-ring (bicyclic) bond motifs is 1. The zero-order valence-electron chi connectivity index (χ0n) is 15.5. The van der Waals surface area contributed by atoms with Crippen molar-refractivity contribution in [2.45, 2.75) is 26.9 Å². The van der Waals surface area contributed by atoms with Gasteiger partial charge >= 0.3 is 0 Å². The van der Waals surface area contributed by atoms with Gasteiger partial charge < -0.3 is 15.1 Å². The maximum Gasteiger partial charge on any atom is 0.191 e. The summed E-state index contributed by atoms with van der Waals surface area (Å²) in [5, 5.41) is 16.7. The molecule has 1 heterocycles. The molecule has 0 aliphatic rings. The lowest BCUT2D eigenvalue weighted by atomic mass is 10.1. The van der Waals surface area contributed by atoms with Crippen molar-refractivity contribution in [3.05, 3.63) is 71.0 Å². The molecular weight excluding hydrogens is 451 g/mol. The molecule has 6 heteroatoms. The number of hydrogen-bond donors (Lipinski definition) is 2. The summed E-state index contributed by atoms with van der Waals surface area (Å²) in [7, 11) is 0. The van der Waals surface area contributed by atoms with Crippen molar-refractivity contribution in [1.82, 2.24) is 10.6 Å². The van der Waals surface area contributed by atoms with Gasteiger partial charge in [0, 0.05) is 17.5 Å². The first kappa shape index (κ1) is 20.8. The lowest BCUT2D eigenvalue weighted by molar-refractivity contribution is 0.534. The maximum absolute atomic E-state index is 9.00. The number of rotatable bonds is 5. The van der Waals surface area contributed by atoms with Crippen molar-refractivity contribution in [2.75, 3.05) is 6.54 Å². The minimum absolute atomic E-state index is 0. The number of halogens is 1. The summed E-state index contributed by atoms with van der Waals surface area (Å²) < 4.78 is 5.94. The number of nitriles is 1. The number of para-hydroxylation sites is 1. The van der Waals surface area contributed by atoms with Crippen molar-refractivity contribution in [3.8, 4) is 6.07 Å². The molecule has 0 spiro atoms. The Morgan fingerprint density at radius 3 is 2.70 bits per heavy atom. The van der Waals surface area contributed by atoms with Crippen molar-refractivity contribution in [1.29, 1.82) is 5.26 Å². The second-order valence-electron chi connectivity index (χ2n) is 6.01. The van der Waals surface area contributed by atoms with Gasteiger partial charge in [0.2, 0.25) is 0 Å². The van der Waals surface area contributed by atoms with E-state index in [0.29, 0.717) is 18.7 Å². The Kier molecular flexibility index (Phi) is 7.67. The van der Waals surface area contributed by atoms with Crippen LogP contribution in [0.2, 0.25) is 0 Å². The number of nitrogens with zero attached hydrogens (tertiary/aromatic N) is 2. The van der Waals surface area contributed by atoms with Gasteiger partial charge in [-0.25, -0.2) is 4.99 Å². The Morgan fingerprint density at radius 1 is 1.15 bits per heavy atom. The molecule has 0 saturated carbocycles. The third-order valence-electron chi connectivity index (χ3n) is 4.18. The molecule has 0 saturated heterocycles. The highest BCUT2D eigenvalue weighted by Gasteiger charge is 2.10. The molecule has 0 amide bonds. The fraction of sp³-hybridized carbons (Fsp3) is 0.238. The van der Waals surface area contributed by atoms with Crippen LogP contribution >= 0.6 is 24.0 Å². The Morgan fingerprint density at radius 2 is 1.96 bits per heavy atom. The van der Waals surface area contributed by atoms with Crippen molar-refractivity contribution in [3.63, 3.8) is 0 Å². The first-order chi connectivity index (χ1) is 12.7. The van der Waals surface area contributed by atoms with E-state index >= 15 is 0 Å². The highest BCUT2D eigenvalue weighted by atomic mass is 127. The van der Waals surface area contributed by atoms with Crippen LogP contribution in [0, 0.1) is 18.3 Å². The number of aliphatic imine (C=N–C) groups is 1. The van der Waals surface area contributed by atoms with E-state index in [4.69, 9.17) is 9.68 Å². The molecule has 3 aromatic rings. The van der Waals surface area contributed by atoms with Crippen LogP contribution in [0.1, 0.15) is 29.4 Å². The van der Waals surface area contributed by atoms with Crippen molar-refractivity contribution in [2.24, 2.45) is 4.99 Å². The molecule has 140 valence electrons. The fourth-order valence-electron chi connectivity index (χ4n) is 2.81. The number of aryl methyl sites for hydroxylation is 1. The predicted molar refractivity (Wildman–Crippen MR) is 119 cm³/mol. The van der Waals surface area contributed by atoms with E-state index in [2.05, 4.69) is 34.7 Å². The molecule has 3 rings (SSSR count). The molecule has 2 N–H and O–H groups in total. The predicted octanol–water partition coefficient (Wildman–Crippen LogP) is 4.49. The average Bonchev–Trinajstić information content (AvgIpc) is 3.00. The summed E-state index contributed by atoms with van der Waals surface area (Å²) in [4.78, 5) is 4.60. The highest BCUT2D eigenvalue weighted by molar-refractivity contribution is 14.0. The molecule has 0 aliphatic carbocycles. The van der Waals surface area contributed by atoms with Gasteiger partial charge in [-0.2, -0.15) is 5.26 Å². The van der Waals surface area contributed by atoms with E-state index in [0.717, 1.165) is 40.4 Å². The SMILES string of the molecule is CCNC(=NCc1cccc(C#N)c1)NCc1oc2ccccc2c1C.I. The molecule has 0 unspecified atom stereocenters. The normalized spacial score (nSPS) is 10.9. The lowest BCUT2D eigenvalue weighted by Crippen LogP contribution is -2.36. The number of guanidine groups is 1. The molecule has 5 nitrogen and oxygen atoms in total. The second-order valence-corrected chi connectivity index (χ2v) is 6.01. The summed E-state index contributed by atoms with van der Waals surface area (Å²) in [6.45, 7) is 5.93. The van der Waals surface area contributed by atoms with E-state index < -0.39 is 0 Å². The van der Waals surface area contributed by atoms with E-state index in [-0.39, 0.29) is 24.0 Å². The molecule has 0 atom stereocenters. The van der Waals surface area contributed by atoms with Crippen LogP contribution in [0.3, 0.4) is 0 Å². The van der Waals surface area contributed by atoms with Gasteiger partial charge in [-0.05, 0) is 37.6 Å². The second kappa shape index (κ2) is 9.97. The standard InChI is InChI=1S/C21H22N4O.HI/c1-3-23-21(24-13-17-8-6-7-16(11-17)12-22)25-14-20-15(2)18-9-4-5-10-19(18)26-20;/h4-11H,3,13-14H2,1-2H3,(H2,23,24,25);1H. The van der Waals surface area contributed by atoms with Gasteiger partial charge in [0.05, 0.1) is 24.7 Å². The summed E-state index contributed by atoms with van der Waals surface area (Å²) in [5.74, 6) is 1.62. The molecule has 1 aromatic heterocycles. The number of furan rings is 1. The molecule has 0 bridgehead atoms. The Hall–Kier alpha value is -2.53. The van der Waals surface area contributed by atoms with Crippen LogP contribution in [-0.2, 0) is 13.1 Å². The molecular formula is C21H23IN4O. The first-order valence-electron chi connectivity index (χ1n) is 8.69. The molecule has 0 radical (unpaired) electrons. The van der Waals surface area contributed by atoms with E-state index in [1.165, 1.54) is 0 Å². The topological polar surface area (TPSA) is 73.3 Å². The van der Waals surface area contributed by atoms with Crippen LogP contribution in [0.25, 0.3) is 11.0 Å². The van der Waals surface area contributed by atoms with Crippen molar-refractivity contribution < 1.29 is 4.42 Å². The average molecular weight is 474 g/mol. The summed E-state index contributed by atoms with van der Waals surface area (Å²) >= 11 is 0. The summed E-state index contributed by atoms with van der Waals surface area (Å²) in [5.41, 5.74) is 3.69. The van der Waals surface area contributed by atoms with Crippen molar-refractivity contribution >= 4 is 40.9 Å². The smallest absolute Gasteiger partial charge is 0.191 e. The van der Waals surface area contributed by atoms with Gasteiger partial charge in [0.15, 0.2) is 5.96 Å². The Bertz CT molecular complexity index is 972. The van der Waals surface area contributed by atoms with Crippen LogP contribution < -0.4 is 10.6 Å². The zero-order valence-corrected chi connectivity index (χ0v) is 17.8. The van der Waals surface area contributed by atoms with Gasteiger partial charge in [0.25, 0.3) is 0 Å². The quantitative estimate of drug-likeness (QED) is 0.325. The molecule has 0 fully saturated rings. The number of benzene rings is 2. The van der Waals surface area contributed by atoms with Crippen LogP contribution in [-0.4, -0.2) is 12.5 Å². The van der Waals surface area contributed by atoms with Crippen LogP contribution in [0.15, 0.2) is 57.9 Å². The monoisotopic (exact) mass is 474 g/mol. The fourth-order valence-corrected chi connectivity index (χ4v) is 2.81. The number of nitrogens with one attached hydrogen (secondary N) is 2. The maximum atomic E-state index is 9.00. The molecule has 27 heavy (non-hydrogen) atoms. The van der Waals surface area contributed by atoms with Crippen LogP contribution in [0.4, 0.5) is 0 Å². The van der Waals surface area contributed by atoms with Gasteiger partial charge in [0.1, 0.15) is 11.3 Å². The molecule has 2 aromatic carbocycles. The van der Waals surface area contributed by atoms with Crippen LogP contribution in [0.5, 0.6) is 0 Å². The third-order valence-corrected chi connectivity index (χ3v) is 4.18. The first-order valence-corrected chi connectivity index (χ1v) is 8.69. The third kappa shape index (κ3) is 5.23. The van der Waals surface area contributed by atoms with E-state index in [1.807, 2.05) is 43.3 Å². The van der Waals surface area contributed by atoms with Gasteiger partial charge in [-0.15, -0.1) is 24.0 Å². The van der Waals surface area contributed by atoms with E-state index in [1.54, 1.807) is 6.07 Å². The zero-order chi connectivity index (χ0) is 18.4. The largest absolute Gasteiger partial charge is 0.459 e. The van der Waals surface area contributed by atoms with E-state index in [9.17, 15) is 0 Å². The Balaban J connectivity index is 0.00000261. The number of hydrogen-bond acceptors (Lipinski definition) is 3. The van der Waals surface area contributed by atoms with Gasteiger partial charge in [-0.1, -0.05) is 30.3 Å². The minimum Gasteiger partial charge on any atom is -0.459 e. The highest BCUT2D eigenvalue weighted by Crippen LogP contribution is 2.24. The summed E-state index contributed by atoms with van der Waals surface area (Å²) in [6.07, 6.45) is 0.